The van der Waals surface area contributed by atoms with Crippen LogP contribution in [0.3, 0.4) is 0 Å². The van der Waals surface area contributed by atoms with Crippen LogP contribution >= 0.6 is 0 Å². The van der Waals surface area contributed by atoms with E-state index in [1.807, 2.05) is 0 Å². The Hall–Kier alpha value is -2.91. The van der Waals surface area contributed by atoms with Crippen LogP contribution in [0.15, 0.2) is 47.4 Å². The van der Waals surface area contributed by atoms with Crippen LogP contribution in [0.25, 0.3) is 0 Å². The van der Waals surface area contributed by atoms with Crippen molar-refractivity contribution in [3.05, 3.63) is 53.6 Å². The number of anilines is 1. The van der Waals surface area contributed by atoms with E-state index in [9.17, 15) is 18.0 Å². The van der Waals surface area contributed by atoms with Gasteiger partial charge in [-0.05, 0) is 67.8 Å². The third kappa shape index (κ3) is 5.55. The molecule has 2 aromatic carbocycles. The molecule has 0 aliphatic heterocycles. The highest BCUT2D eigenvalue weighted by Gasteiger charge is 2.28. The van der Waals surface area contributed by atoms with Crippen LogP contribution in [0, 0.1) is 6.92 Å². The number of rotatable bonds is 8. The zero-order valence-electron chi connectivity index (χ0n) is 16.1. The van der Waals surface area contributed by atoms with Crippen molar-refractivity contribution in [3.8, 4) is 5.75 Å². The normalized spacial score (nSPS) is 13.6. The molecule has 1 amide bonds. The summed E-state index contributed by atoms with van der Waals surface area (Å²) in [4.78, 5) is 23.7. The first kappa shape index (κ1) is 20.8. The van der Waals surface area contributed by atoms with Crippen LogP contribution in [0.1, 0.15) is 28.8 Å². The third-order valence-electron chi connectivity index (χ3n) is 4.30. The fourth-order valence-electron chi connectivity index (χ4n) is 2.59. The topological polar surface area (TPSA) is 111 Å². The lowest BCUT2D eigenvalue weighted by Gasteiger charge is -2.12. The molecule has 9 heteroatoms. The van der Waals surface area contributed by atoms with Gasteiger partial charge in [-0.3, -0.25) is 4.79 Å². The quantitative estimate of drug-likeness (QED) is 0.636. The second-order valence-electron chi connectivity index (χ2n) is 6.73. The Morgan fingerprint density at radius 3 is 2.38 bits per heavy atom. The molecule has 0 radical (unpaired) electrons. The van der Waals surface area contributed by atoms with E-state index in [1.165, 1.54) is 25.3 Å². The van der Waals surface area contributed by atoms with E-state index in [0.29, 0.717) is 22.6 Å². The van der Waals surface area contributed by atoms with Crippen LogP contribution in [0.2, 0.25) is 0 Å². The molecular weight excluding hydrogens is 396 g/mol. The number of sulfonamides is 1. The fourth-order valence-corrected chi connectivity index (χ4v) is 3.98. The zero-order chi connectivity index (χ0) is 21.0. The van der Waals surface area contributed by atoms with Gasteiger partial charge in [0, 0.05) is 11.7 Å². The second kappa shape index (κ2) is 8.62. The van der Waals surface area contributed by atoms with Crippen LogP contribution in [-0.4, -0.2) is 40.1 Å². The molecule has 1 aliphatic carbocycles. The van der Waals surface area contributed by atoms with E-state index in [-0.39, 0.29) is 23.5 Å². The number of methoxy groups -OCH3 is 1. The number of aryl methyl sites for hydroxylation is 1. The number of carbonyl (C=O) groups is 2. The Balaban J connectivity index is 1.56. The van der Waals surface area contributed by atoms with Crippen LogP contribution in [0.4, 0.5) is 5.69 Å². The van der Waals surface area contributed by atoms with Gasteiger partial charge in [0.2, 0.25) is 10.0 Å². The lowest BCUT2D eigenvalue weighted by atomic mass is 10.2. The summed E-state index contributed by atoms with van der Waals surface area (Å²) in [6.45, 7) is 1.47. The summed E-state index contributed by atoms with van der Waals surface area (Å²) in [5, 5.41) is 2.66. The maximum absolute atomic E-state index is 12.3. The molecule has 2 aromatic rings. The van der Waals surface area contributed by atoms with Gasteiger partial charge in [-0.1, -0.05) is 0 Å². The first-order valence-electron chi connectivity index (χ1n) is 9.02. The van der Waals surface area contributed by atoms with Crippen molar-refractivity contribution in [3.63, 3.8) is 0 Å². The Bertz CT molecular complexity index is 1010. The summed E-state index contributed by atoms with van der Waals surface area (Å²) in [7, 11) is -2.24. The summed E-state index contributed by atoms with van der Waals surface area (Å²) in [6, 6.07) is 10.8. The fraction of sp³-hybridized carbons (Fsp3) is 0.300. The smallest absolute Gasteiger partial charge is 0.337 e. The van der Waals surface area contributed by atoms with Crippen LogP contribution in [0.5, 0.6) is 5.75 Å². The zero-order valence-corrected chi connectivity index (χ0v) is 16.9. The van der Waals surface area contributed by atoms with Crippen molar-refractivity contribution >= 4 is 27.6 Å². The average molecular weight is 418 g/mol. The molecule has 1 fully saturated rings. The van der Waals surface area contributed by atoms with Gasteiger partial charge < -0.3 is 14.8 Å². The molecule has 2 N–H and O–H groups in total. The number of benzene rings is 2. The standard InChI is InChI=1S/C20H22N2O6S/c1-13-11-17(29(25,26)22-16-7-8-16)9-10-18(13)28-12-19(23)21-15-5-3-14(4-6-15)20(24)27-2/h3-6,9-11,16,22H,7-8,12H2,1-2H3,(H,21,23). The molecule has 0 atom stereocenters. The van der Waals surface area contributed by atoms with Crippen molar-refractivity contribution < 1.29 is 27.5 Å². The highest BCUT2D eigenvalue weighted by molar-refractivity contribution is 7.89. The Labute approximate surface area is 169 Å². The second-order valence-corrected chi connectivity index (χ2v) is 8.44. The predicted molar refractivity (Wildman–Crippen MR) is 106 cm³/mol. The minimum atomic E-state index is -3.54. The predicted octanol–water partition coefficient (Wildman–Crippen LogP) is 2.24. The lowest BCUT2D eigenvalue weighted by molar-refractivity contribution is -0.118. The highest BCUT2D eigenvalue weighted by atomic mass is 32.2. The third-order valence-corrected chi connectivity index (χ3v) is 5.82. The number of ether oxygens (including phenoxy) is 2. The number of carbonyl (C=O) groups excluding carboxylic acids is 2. The van der Waals surface area contributed by atoms with E-state index >= 15 is 0 Å². The molecule has 0 aromatic heterocycles. The van der Waals surface area contributed by atoms with Crippen LogP contribution < -0.4 is 14.8 Å². The van der Waals surface area contributed by atoms with Gasteiger partial charge in [0.15, 0.2) is 6.61 Å². The summed E-state index contributed by atoms with van der Waals surface area (Å²) >= 11 is 0. The number of hydrogen-bond donors (Lipinski definition) is 2. The van der Waals surface area contributed by atoms with E-state index in [4.69, 9.17) is 4.74 Å². The largest absolute Gasteiger partial charge is 0.483 e. The summed E-state index contributed by atoms with van der Waals surface area (Å²) in [6.07, 6.45) is 1.72. The molecule has 1 aliphatic rings. The molecular formula is C20H22N2O6S. The Morgan fingerprint density at radius 1 is 1.10 bits per heavy atom. The SMILES string of the molecule is COC(=O)c1ccc(NC(=O)COc2ccc(S(=O)(=O)NC3CC3)cc2C)cc1. The molecule has 0 spiro atoms. The minimum Gasteiger partial charge on any atom is -0.483 e. The van der Waals surface area contributed by atoms with Crippen molar-refractivity contribution in [1.82, 2.24) is 4.72 Å². The summed E-state index contributed by atoms with van der Waals surface area (Å²) in [5.41, 5.74) is 1.50. The van der Waals surface area contributed by atoms with Gasteiger partial charge in [0.05, 0.1) is 17.6 Å². The van der Waals surface area contributed by atoms with Gasteiger partial charge in [-0.15, -0.1) is 0 Å². The highest BCUT2D eigenvalue weighted by Crippen LogP contribution is 2.25. The molecule has 0 heterocycles. The van der Waals surface area contributed by atoms with Crippen molar-refractivity contribution in [2.75, 3.05) is 19.0 Å². The average Bonchev–Trinajstić information content (AvgIpc) is 3.50. The van der Waals surface area contributed by atoms with Crippen molar-refractivity contribution in [1.29, 1.82) is 0 Å². The monoisotopic (exact) mass is 418 g/mol. The molecule has 0 bridgehead atoms. The molecule has 1 saturated carbocycles. The van der Waals surface area contributed by atoms with Crippen LogP contribution in [-0.2, 0) is 19.6 Å². The summed E-state index contributed by atoms with van der Waals surface area (Å²) < 4.78 is 37.3. The van der Waals surface area contributed by atoms with E-state index < -0.39 is 16.0 Å². The number of hydrogen-bond acceptors (Lipinski definition) is 6. The molecule has 0 saturated heterocycles. The number of nitrogens with one attached hydrogen (secondary N) is 2. The van der Waals surface area contributed by atoms with E-state index in [1.54, 1.807) is 31.2 Å². The van der Waals surface area contributed by atoms with Crippen molar-refractivity contribution in [2.24, 2.45) is 0 Å². The van der Waals surface area contributed by atoms with E-state index in [2.05, 4.69) is 14.8 Å². The van der Waals surface area contributed by atoms with Gasteiger partial charge in [-0.25, -0.2) is 17.9 Å². The first-order valence-corrected chi connectivity index (χ1v) is 10.5. The molecule has 0 unspecified atom stereocenters. The molecule has 3 rings (SSSR count). The first-order chi connectivity index (χ1) is 13.8. The Kier molecular flexibility index (Phi) is 6.19. The Morgan fingerprint density at radius 2 is 1.79 bits per heavy atom. The maximum Gasteiger partial charge on any atom is 0.337 e. The number of amides is 1. The molecule has 29 heavy (non-hydrogen) atoms. The van der Waals surface area contributed by atoms with Gasteiger partial charge in [0.1, 0.15) is 5.75 Å². The summed E-state index contributed by atoms with van der Waals surface area (Å²) in [5.74, 6) is -0.423. The van der Waals surface area contributed by atoms with Gasteiger partial charge >= 0.3 is 5.97 Å². The van der Waals surface area contributed by atoms with E-state index in [0.717, 1.165) is 12.8 Å². The van der Waals surface area contributed by atoms with Crippen molar-refractivity contribution in [2.45, 2.75) is 30.7 Å². The number of esters is 1. The molecule has 8 nitrogen and oxygen atoms in total. The minimum absolute atomic E-state index is 0.0293. The van der Waals surface area contributed by atoms with Gasteiger partial charge in [-0.2, -0.15) is 0 Å². The molecule has 154 valence electrons. The lowest BCUT2D eigenvalue weighted by Crippen LogP contribution is -2.25. The maximum atomic E-state index is 12.3. The van der Waals surface area contributed by atoms with Gasteiger partial charge in [0.25, 0.3) is 5.91 Å².